The van der Waals surface area contributed by atoms with Gasteiger partial charge in [0.25, 0.3) is 0 Å². The Kier molecular flexibility index (Phi) is 4.21. The Labute approximate surface area is 109 Å². The van der Waals surface area contributed by atoms with Gasteiger partial charge in [-0.3, -0.25) is 0 Å². The van der Waals surface area contributed by atoms with Crippen molar-refractivity contribution < 1.29 is 0 Å². The summed E-state index contributed by atoms with van der Waals surface area (Å²) in [5, 5.41) is 0. The Morgan fingerprint density at radius 2 is 1.83 bits per heavy atom. The first kappa shape index (κ1) is 12.9. The molecular weight excluding hydrogens is 220 g/mol. The number of nitrogens with zero attached hydrogens (tertiary/aromatic N) is 1. The molecule has 1 unspecified atom stereocenters. The highest BCUT2D eigenvalue weighted by atomic mass is 14.9. The summed E-state index contributed by atoms with van der Waals surface area (Å²) >= 11 is 0. The van der Waals surface area contributed by atoms with Gasteiger partial charge in [-0.05, 0) is 37.0 Å². The molecule has 1 aromatic carbocycles. The molecule has 0 amide bonds. The third kappa shape index (κ3) is 3.47. The van der Waals surface area contributed by atoms with E-state index < -0.39 is 0 Å². The van der Waals surface area contributed by atoms with Crippen molar-refractivity contribution in [1.82, 2.24) is 4.57 Å². The van der Waals surface area contributed by atoms with E-state index in [1.165, 1.54) is 16.7 Å². The van der Waals surface area contributed by atoms with Crippen molar-refractivity contribution in [2.75, 3.05) is 0 Å². The lowest BCUT2D eigenvalue weighted by Crippen LogP contribution is -2.21. The zero-order valence-electron chi connectivity index (χ0n) is 11.3. The Morgan fingerprint density at radius 1 is 1.11 bits per heavy atom. The predicted molar refractivity (Wildman–Crippen MR) is 76.7 cm³/mol. The molecule has 0 aliphatic rings. The van der Waals surface area contributed by atoms with Crippen LogP contribution >= 0.6 is 0 Å². The van der Waals surface area contributed by atoms with E-state index in [9.17, 15) is 0 Å². The van der Waals surface area contributed by atoms with Gasteiger partial charge in [0, 0.05) is 25.0 Å². The zero-order valence-corrected chi connectivity index (χ0v) is 11.3. The van der Waals surface area contributed by atoms with E-state index in [4.69, 9.17) is 5.73 Å². The van der Waals surface area contributed by atoms with Crippen LogP contribution in [-0.2, 0) is 13.0 Å². The first-order valence-corrected chi connectivity index (χ1v) is 6.63. The van der Waals surface area contributed by atoms with E-state index in [2.05, 4.69) is 61.1 Å². The van der Waals surface area contributed by atoms with E-state index in [0.29, 0.717) is 0 Å². The van der Waals surface area contributed by atoms with Crippen LogP contribution in [0.2, 0.25) is 0 Å². The van der Waals surface area contributed by atoms with Gasteiger partial charge in [0.15, 0.2) is 0 Å². The fourth-order valence-corrected chi connectivity index (χ4v) is 2.06. The molecule has 2 N–H and O–H groups in total. The van der Waals surface area contributed by atoms with E-state index in [-0.39, 0.29) is 6.04 Å². The molecule has 96 valence electrons. The number of hydrogen-bond donors (Lipinski definition) is 1. The molecule has 0 radical (unpaired) electrons. The quantitative estimate of drug-likeness (QED) is 0.858. The SMILES string of the molecule is CCC(N)Cc1ccn(Cc2ccc(C)cc2)c1. The molecule has 2 aromatic rings. The molecule has 0 saturated heterocycles. The fraction of sp³-hybridized carbons (Fsp3) is 0.375. The van der Waals surface area contributed by atoms with Crippen molar-refractivity contribution in [2.45, 2.75) is 39.3 Å². The summed E-state index contributed by atoms with van der Waals surface area (Å²) < 4.78 is 2.22. The second-order valence-corrected chi connectivity index (χ2v) is 5.05. The van der Waals surface area contributed by atoms with Crippen LogP contribution in [0.15, 0.2) is 42.7 Å². The molecule has 0 bridgehead atoms. The van der Waals surface area contributed by atoms with Crippen LogP contribution in [-0.4, -0.2) is 10.6 Å². The van der Waals surface area contributed by atoms with E-state index in [1.54, 1.807) is 0 Å². The first-order valence-electron chi connectivity index (χ1n) is 6.63. The average Bonchev–Trinajstić information content (AvgIpc) is 2.79. The standard InChI is InChI=1S/C16H22N2/c1-3-16(17)10-15-8-9-18(12-15)11-14-6-4-13(2)5-7-14/h4-9,12,16H,3,10-11,17H2,1-2H3. The van der Waals surface area contributed by atoms with Crippen LogP contribution in [0.3, 0.4) is 0 Å². The summed E-state index contributed by atoms with van der Waals surface area (Å²) in [6.45, 7) is 5.18. The lowest BCUT2D eigenvalue weighted by molar-refractivity contribution is 0.645. The predicted octanol–water partition coefficient (Wildman–Crippen LogP) is 3.12. The van der Waals surface area contributed by atoms with Gasteiger partial charge in [-0.2, -0.15) is 0 Å². The van der Waals surface area contributed by atoms with E-state index in [1.807, 2.05) is 0 Å². The normalized spacial score (nSPS) is 12.6. The molecule has 2 rings (SSSR count). The topological polar surface area (TPSA) is 30.9 Å². The highest BCUT2D eigenvalue weighted by Crippen LogP contribution is 2.09. The van der Waals surface area contributed by atoms with Gasteiger partial charge in [0.05, 0.1) is 0 Å². The first-order chi connectivity index (χ1) is 8.67. The second kappa shape index (κ2) is 5.87. The maximum Gasteiger partial charge on any atom is 0.0470 e. The van der Waals surface area contributed by atoms with Gasteiger partial charge in [-0.1, -0.05) is 36.8 Å². The van der Waals surface area contributed by atoms with Crippen LogP contribution < -0.4 is 5.73 Å². The zero-order chi connectivity index (χ0) is 13.0. The highest BCUT2D eigenvalue weighted by molar-refractivity contribution is 5.22. The van der Waals surface area contributed by atoms with Gasteiger partial charge in [0.1, 0.15) is 0 Å². The molecule has 0 aliphatic heterocycles. The molecule has 1 atom stereocenters. The smallest absolute Gasteiger partial charge is 0.0470 e. The van der Waals surface area contributed by atoms with Crippen molar-refractivity contribution in [1.29, 1.82) is 0 Å². The molecule has 0 spiro atoms. The third-order valence-corrected chi connectivity index (χ3v) is 3.32. The summed E-state index contributed by atoms with van der Waals surface area (Å²) in [4.78, 5) is 0. The number of benzene rings is 1. The number of hydrogen-bond acceptors (Lipinski definition) is 1. The van der Waals surface area contributed by atoms with Crippen molar-refractivity contribution in [2.24, 2.45) is 5.73 Å². The molecule has 0 saturated carbocycles. The second-order valence-electron chi connectivity index (χ2n) is 5.05. The van der Waals surface area contributed by atoms with Crippen LogP contribution in [0.1, 0.15) is 30.0 Å². The minimum atomic E-state index is 0.278. The van der Waals surface area contributed by atoms with Crippen molar-refractivity contribution in [3.8, 4) is 0 Å². The number of aryl methyl sites for hydroxylation is 1. The van der Waals surface area contributed by atoms with Gasteiger partial charge in [-0.25, -0.2) is 0 Å². The molecule has 18 heavy (non-hydrogen) atoms. The van der Waals surface area contributed by atoms with Gasteiger partial charge >= 0.3 is 0 Å². The lowest BCUT2D eigenvalue weighted by atomic mass is 10.1. The van der Waals surface area contributed by atoms with Gasteiger partial charge < -0.3 is 10.3 Å². The molecule has 2 nitrogen and oxygen atoms in total. The monoisotopic (exact) mass is 242 g/mol. The maximum atomic E-state index is 5.97. The number of nitrogens with two attached hydrogens (primary N) is 1. The Hall–Kier alpha value is -1.54. The van der Waals surface area contributed by atoms with Crippen molar-refractivity contribution in [3.05, 3.63) is 59.4 Å². The lowest BCUT2D eigenvalue weighted by Gasteiger charge is -2.06. The summed E-state index contributed by atoms with van der Waals surface area (Å²) in [6, 6.07) is 11.1. The van der Waals surface area contributed by atoms with Crippen LogP contribution in [0.25, 0.3) is 0 Å². The van der Waals surface area contributed by atoms with Crippen LogP contribution in [0, 0.1) is 6.92 Å². The van der Waals surface area contributed by atoms with Gasteiger partial charge in [0.2, 0.25) is 0 Å². The third-order valence-electron chi connectivity index (χ3n) is 3.32. The summed E-state index contributed by atoms with van der Waals surface area (Å²) in [7, 11) is 0. The number of rotatable bonds is 5. The summed E-state index contributed by atoms with van der Waals surface area (Å²) in [6.07, 6.45) is 6.34. The molecule has 1 aromatic heterocycles. The molecule has 0 aliphatic carbocycles. The van der Waals surface area contributed by atoms with Crippen molar-refractivity contribution >= 4 is 0 Å². The van der Waals surface area contributed by atoms with Crippen LogP contribution in [0.5, 0.6) is 0 Å². The van der Waals surface area contributed by atoms with Crippen LogP contribution in [0.4, 0.5) is 0 Å². The minimum absolute atomic E-state index is 0.278. The van der Waals surface area contributed by atoms with E-state index >= 15 is 0 Å². The molecule has 2 heteroatoms. The largest absolute Gasteiger partial charge is 0.350 e. The van der Waals surface area contributed by atoms with Crippen molar-refractivity contribution in [3.63, 3.8) is 0 Å². The Bertz CT molecular complexity index is 482. The molecule has 0 fully saturated rings. The van der Waals surface area contributed by atoms with E-state index in [0.717, 1.165) is 19.4 Å². The van der Waals surface area contributed by atoms with Gasteiger partial charge in [-0.15, -0.1) is 0 Å². The average molecular weight is 242 g/mol. The molecular formula is C16H22N2. The Balaban J connectivity index is 2.00. The molecule has 1 heterocycles. The fourth-order valence-electron chi connectivity index (χ4n) is 2.06. The minimum Gasteiger partial charge on any atom is -0.350 e. The Morgan fingerprint density at radius 3 is 2.50 bits per heavy atom. The summed E-state index contributed by atoms with van der Waals surface area (Å²) in [5.74, 6) is 0. The maximum absolute atomic E-state index is 5.97. The summed E-state index contributed by atoms with van der Waals surface area (Å²) in [5.41, 5.74) is 9.95. The number of aromatic nitrogens is 1. The highest BCUT2D eigenvalue weighted by Gasteiger charge is 2.03.